The first kappa shape index (κ1) is 9.71. The quantitative estimate of drug-likeness (QED) is 0.577. The molecule has 0 fully saturated rings. The molecule has 2 aliphatic rings. The van der Waals surface area contributed by atoms with Crippen LogP contribution in [-0.4, -0.2) is 6.61 Å². The predicted molar refractivity (Wildman–Crippen MR) is 59.2 cm³/mol. The Morgan fingerprint density at radius 1 is 0.933 bits per heavy atom. The monoisotopic (exact) mass is 200 g/mol. The van der Waals surface area contributed by atoms with Gasteiger partial charge in [0.05, 0.1) is 0 Å². The molecule has 0 bridgehead atoms. The van der Waals surface area contributed by atoms with E-state index < -0.39 is 0 Å². The molecule has 1 aromatic heterocycles. The molecule has 1 aromatic rings. The summed E-state index contributed by atoms with van der Waals surface area (Å²) >= 11 is 0. The fourth-order valence-electron chi connectivity index (χ4n) is 1.28. The molecule has 76 valence electrons. The van der Waals surface area contributed by atoms with E-state index in [4.69, 9.17) is 4.84 Å². The first-order chi connectivity index (χ1) is 7.40. The van der Waals surface area contributed by atoms with E-state index in [1.807, 2.05) is 37.5 Å². The molecular formula is C13H14NO+. The summed E-state index contributed by atoms with van der Waals surface area (Å²) in [5.74, 6) is 0. The summed E-state index contributed by atoms with van der Waals surface area (Å²) in [5.41, 5.74) is 2.85. The van der Waals surface area contributed by atoms with Crippen molar-refractivity contribution in [3.8, 4) is 11.1 Å². The molecule has 0 saturated carbocycles. The Labute approximate surface area is 89.7 Å². The summed E-state index contributed by atoms with van der Waals surface area (Å²) in [4.78, 5) is 5.12. The van der Waals surface area contributed by atoms with E-state index in [9.17, 15) is 0 Å². The van der Waals surface area contributed by atoms with Crippen LogP contribution in [0.3, 0.4) is 0 Å². The summed E-state index contributed by atoms with van der Waals surface area (Å²) in [7, 11) is 0. The zero-order valence-corrected chi connectivity index (χ0v) is 8.76. The second-order valence-electron chi connectivity index (χ2n) is 3.23. The van der Waals surface area contributed by atoms with E-state index in [-0.39, 0.29) is 0 Å². The molecule has 3 rings (SSSR count). The molecule has 0 unspecified atom stereocenters. The predicted octanol–water partition coefficient (Wildman–Crippen LogP) is 2.09. The molecule has 0 aromatic carbocycles. The Kier molecular flexibility index (Phi) is 2.98. The maximum atomic E-state index is 5.12. The molecule has 0 N–H and O–H groups in total. The highest BCUT2D eigenvalue weighted by molar-refractivity contribution is 5.75. The zero-order valence-electron chi connectivity index (χ0n) is 8.76. The van der Waals surface area contributed by atoms with E-state index >= 15 is 0 Å². The van der Waals surface area contributed by atoms with Gasteiger partial charge in [0.15, 0.2) is 6.61 Å². The summed E-state index contributed by atoms with van der Waals surface area (Å²) in [6, 6.07) is 14.3. The third-order valence-corrected chi connectivity index (χ3v) is 2.18. The van der Waals surface area contributed by atoms with Crippen molar-refractivity contribution in [2.24, 2.45) is 0 Å². The highest BCUT2D eigenvalue weighted by atomic mass is 16.7. The average Bonchev–Trinajstić information content (AvgIpc) is 2.26. The highest BCUT2D eigenvalue weighted by Gasteiger charge is 2.03. The van der Waals surface area contributed by atoms with Gasteiger partial charge in [-0.1, -0.05) is 30.3 Å². The van der Waals surface area contributed by atoms with E-state index in [0.29, 0.717) is 6.61 Å². The van der Waals surface area contributed by atoms with Gasteiger partial charge in [0.25, 0.3) is 0 Å². The minimum absolute atomic E-state index is 0.703. The molecule has 0 atom stereocenters. The van der Waals surface area contributed by atoms with Gasteiger partial charge in [0.1, 0.15) is 0 Å². The Hall–Kier alpha value is -1.83. The van der Waals surface area contributed by atoms with Gasteiger partial charge in [-0.2, -0.15) is 0 Å². The first-order valence-corrected chi connectivity index (χ1v) is 5.10. The van der Waals surface area contributed by atoms with Crippen LogP contribution in [0.1, 0.15) is 6.92 Å². The largest absolute Gasteiger partial charge is 0.272 e. The van der Waals surface area contributed by atoms with Crippen LogP contribution in [0.4, 0.5) is 0 Å². The molecule has 2 nitrogen and oxygen atoms in total. The molecule has 0 saturated heterocycles. The molecule has 0 aliphatic heterocycles. The van der Waals surface area contributed by atoms with Gasteiger partial charge in [0, 0.05) is 16.9 Å². The maximum Gasteiger partial charge on any atom is 0.222 e. The second-order valence-corrected chi connectivity index (χ2v) is 3.23. The van der Waals surface area contributed by atoms with Crippen molar-refractivity contribution in [3.05, 3.63) is 54.9 Å². The summed E-state index contributed by atoms with van der Waals surface area (Å²) in [6.45, 7) is 2.66. The van der Waals surface area contributed by atoms with Crippen molar-refractivity contribution in [1.82, 2.24) is 0 Å². The highest BCUT2D eigenvalue weighted by Crippen LogP contribution is 2.29. The molecule has 0 radical (unpaired) electrons. The van der Waals surface area contributed by atoms with Gasteiger partial charge in [-0.3, -0.25) is 4.84 Å². The Balaban J connectivity index is 0.000000121. The fourth-order valence-corrected chi connectivity index (χ4v) is 1.28. The number of aromatic nitrogens is 1. The lowest BCUT2D eigenvalue weighted by Crippen LogP contribution is -2.41. The van der Waals surface area contributed by atoms with Crippen LogP contribution < -0.4 is 9.57 Å². The Bertz CT molecular complexity index is 387. The van der Waals surface area contributed by atoms with Crippen LogP contribution in [-0.2, 0) is 0 Å². The van der Waals surface area contributed by atoms with Crippen LogP contribution in [0.15, 0.2) is 54.9 Å². The van der Waals surface area contributed by atoms with Crippen LogP contribution >= 0.6 is 0 Å². The Morgan fingerprint density at radius 3 is 1.80 bits per heavy atom. The molecule has 2 heteroatoms. The van der Waals surface area contributed by atoms with Crippen LogP contribution in [0.25, 0.3) is 11.1 Å². The van der Waals surface area contributed by atoms with Crippen LogP contribution in [0, 0.1) is 0 Å². The van der Waals surface area contributed by atoms with Gasteiger partial charge in [0.2, 0.25) is 12.4 Å². The van der Waals surface area contributed by atoms with Crippen LogP contribution in [0.2, 0.25) is 0 Å². The maximum absolute atomic E-state index is 5.12. The van der Waals surface area contributed by atoms with Crippen molar-refractivity contribution >= 4 is 0 Å². The number of hydrogen-bond donors (Lipinski definition) is 0. The van der Waals surface area contributed by atoms with E-state index in [2.05, 4.69) is 24.3 Å². The first-order valence-electron chi connectivity index (χ1n) is 5.10. The molecule has 0 amide bonds. The molecule has 1 heterocycles. The number of fused-ring (bicyclic) bond motifs is 1. The summed E-state index contributed by atoms with van der Waals surface area (Å²) in [6.07, 6.45) is 3.73. The third-order valence-electron chi connectivity index (χ3n) is 2.18. The average molecular weight is 200 g/mol. The summed E-state index contributed by atoms with van der Waals surface area (Å²) < 4.78 is 1.68. The molecular weight excluding hydrogens is 186 g/mol. The van der Waals surface area contributed by atoms with Gasteiger partial charge >= 0.3 is 0 Å². The normalized spacial score (nSPS) is 9.93. The van der Waals surface area contributed by atoms with E-state index in [0.717, 1.165) is 0 Å². The summed E-state index contributed by atoms with van der Waals surface area (Å²) in [5, 5.41) is 0. The fraction of sp³-hybridized carbons (Fsp3) is 0.154. The molecule has 15 heavy (non-hydrogen) atoms. The topological polar surface area (TPSA) is 13.1 Å². The van der Waals surface area contributed by atoms with Crippen molar-refractivity contribution in [2.75, 3.05) is 6.61 Å². The van der Waals surface area contributed by atoms with Crippen LogP contribution in [0.5, 0.6) is 0 Å². The van der Waals surface area contributed by atoms with E-state index in [1.165, 1.54) is 11.1 Å². The van der Waals surface area contributed by atoms with Gasteiger partial charge in [-0.05, 0) is 18.1 Å². The third kappa shape index (κ3) is 2.34. The van der Waals surface area contributed by atoms with Gasteiger partial charge < -0.3 is 0 Å². The molecule has 0 spiro atoms. The lowest BCUT2D eigenvalue weighted by Gasteiger charge is -2.10. The number of rotatable bonds is 2. The lowest BCUT2D eigenvalue weighted by atomic mass is 9.95. The standard InChI is InChI=1S/C7H10NO.C6H4/c1-2-9-8-6-4-3-5-7-8;1-2-6-4-3-5(1)6/h3-7H,2H2,1H3;1-4H/q+1;. The lowest BCUT2D eigenvalue weighted by molar-refractivity contribution is -0.890. The number of benzene rings is 1. The zero-order chi connectivity index (χ0) is 10.5. The van der Waals surface area contributed by atoms with Gasteiger partial charge in [-0.15, -0.1) is 0 Å². The smallest absolute Gasteiger partial charge is 0.222 e. The second kappa shape index (κ2) is 4.60. The van der Waals surface area contributed by atoms with Crippen molar-refractivity contribution in [1.29, 1.82) is 0 Å². The van der Waals surface area contributed by atoms with Crippen molar-refractivity contribution in [2.45, 2.75) is 6.92 Å². The van der Waals surface area contributed by atoms with E-state index in [1.54, 1.807) is 4.73 Å². The van der Waals surface area contributed by atoms with Crippen molar-refractivity contribution < 1.29 is 9.57 Å². The molecule has 2 aliphatic carbocycles. The number of hydrogen-bond acceptors (Lipinski definition) is 1. The Morgan fingerprint density at radius 2 is 1.47 bits per heavy atom. The SMILES string of the molecule is CCO[n+]1ccccc1.c1cc2ccc1-2. The minimum atomic E-state index is 0.703. The minimum Gasteiger partial charge on any atom is -0.272 e. The number of pyridine rings is 1. The number of nitrogens with zero attached hydrogens (tertiary/aromatic N) is 1. The van der Waals surface area contributed by atoms with Crippen molar-refractivity contribution in [3.63, 3.8) is 0 Å². The van der Waals surface area contributed by atoms with Gasteiger partial charge in [-0.25, -0.2) is 0 Å².